The van der Waals surface area contributed by atoms with Crippen LogP contribution in [0.4, 0.5) is 17.1 Å². The van der Waals surface area contributed by atoms with Gasteiger partial charge in [0.2, 0.25) is 0 Å². The highest BCUT2D eigenvalue weighted by Gasteiger charge is 2.06. The average Bonchev–Trinajstić information content (AvgIpc) is 2.51. The van der Waals surface area contributed by atoms with E-state index in [0.717, 1.165) is 32.5 Å². The van der Waals surface area contributed by atoms with Gasteiger partial charge in [0, 0.05) is 23.0 Å². The van der Waals surface area contributed by atoms with Gasteiger partial charge in [0.1, 0.15) is 5.75 Å². The minimum atomic E-state index is 0.673. The summed E-state index contributed by atoms with van der Waals surface area (Å²) in [7, 11) is 1.65. The van der Waals surface area contributed by atoms with Gasteiger partial charge in [-0.15, -0.1) is 0 Å². The smallest absolute Gasteiger partial charge is 0.133 e. The Labute approximate surface area is 131 Å². The third-order valence-corrected chi connectivity index (χ3v) is 3.85. The van der Waals surface area contributed by atoms with Gasteiger partial charge < -0.3 is 15.8 Å². The van der Waals surface area contributed by atoms with E-state index in [1.807, 2.05) is 42.5 Å². The molecule has 4 nitrogen and oxygen atoms in total. The molecule has 0 aliphatic rings. The van der Waals surface area contributed by atoms with Crippen LogP contribution in [-0.4, -0.2) is 12.1 Å². The lowest BCUT2D eigenvalue weighted by atomic mass is 10.1. The summed E-state index contributed by atoms with van der Waals surface area (Å²) in [5, 5.41) is 4.38. The lowest BCUT2D eigenvalue weighted by Crippen LogP contribution is -1.96. The first-order valence-corrected chi connectivity index (χ1v) is 7.22. The van der Waals surface area contributed by atoms with Gasteiger partial charge in [-0.25, -0.2) is 0 Å². The molecule has 0 unspecified atom stereocenters. The molecule has 0 aliphatic carbocycles. The Bertz CT molecular complexity index is 805. The molecule has 0 fully saturated rings. The number of nitrogens with zero attached hydrogens (tertiary/aromatic N) is 1. The molecule has 0 aliphatic heterocycles. The van der Waals surface area contributed by atoms with Crippen molar-refractivity contribution in [1.29, 1.82) is 0 Å². The number of benzene rings is 2. The molecule has 0 amide bonds. The molecule has 5 heteroatoms. The first kappa shape index (κ1) is 13.7. The van der Waals surface area contributed by atoms with Crippen LogP contribution in [0, 0.1) is 0 Å². The molecule has 106 valence electrons. The molecule has 3 N–H and O–H groups in total. The Morgan fingerprint density at radius 2 is 2.05 bits per heavy atom. The highest BCUT2D eigenvalue weighted by atomic mass is 79.9. The van der Waals surface area contributed by atoms with Crippen LogP contribution in [0.25, 0.3) is 10.9 Å². The molecule has 3 rings (SSSR count). The Morgan fingerprint density at radius 3 is 2.81 bits per heavy atom. The quantitative estimate of drug-likeness (QED) is 0.694. The van der Waals surface area contributed by atoms with E-state index in [0.29, 0.717) is 5.69 Å². The number of ether oxygens (including phenoxy) is 1. The lowest BCUT2D eigenvalue weighted by Gasteiger charge is -2.12. The number of nitrogens with one attached hydrogen (secondary N) is 1. The molecule has 1 heterocycles. The van der Waals surface area contributed by atoms with Crippen molar-refractivity contribution >= 4 is 43.9 Å². The fraction of sp³-hybridized carbons (Fsp3) is 0.0625. The molecule has 1 aromatic heterocycles. The largest absolute Gasteiger partial charge is 0.496 e. The maximum absolute atomic E-state index is 5.97. The van der Waals surface area contributed by atoms with E-state index in [-0.39, 0.29) is 0 Å². The third-order valence-electron chi connectivity index (χ3n) is 3.23. The number of nitrogens with two attached hydrogens (primary N) is 1. The van der Waals surface area contributed by atoms with Crippen molar-refractivity contribution < 1.29 is 4.74 Å². The number of hydrogen-bond donors (Lipinski definition) is 2. The predicted octanol–water partition coefficient (Wildman–Crippen LogP) is 4.33. The van der Waals surface area contributed by atoms with Crippen LogP contribution in [-0.2, 0) is 0 Å². The van der Waals surface area contributed by atoms with Crippen LogP contribution in [0.3, 0.4) is 0 Å². The van der Waals surface area contributed by atoms with E-state index >= 15 is 0 Å². The van der Waals surface area contributed by atoms with E-state index in [9.17, 15) is 0 Å². The van der Waals surface area contributed by atoms with E-state index in [1.54, 1.807) is 13.3 Å². The predicted molar refractivity (Wildman–Crippen MR) is 90.1 cm³/mol. The van der Waals surface area contributed by atoms with Crippen molar-refractivity contribution in [1.82, 2.24) is 4.98 Å². The number of methoxy groups -OCH3 is 1. The number of nitrogen functional groups attached to an aromatic ring is 1. The maximum Gasteiger partial charge on any atom is 0.133 e. The zero-order chi connectivity index (χ0) is 14.8. The Balaban J connectivity index is 2.02. The number of rotatable bonds is 3. The van der Waals surface area contributed by atoms with Crippen LogP contribution in [0.15, 0.2) is 53.1 Å². The Hall–Kier alpha value is -2.27. The standard InChI is InChI=1S/C16H14BrN3O/c1-21-15-7-4-10(9-12(15)17)20-14-6-5-13(18)16-11(14)3-2-8-19-16/h2-9,20H,18H2,1H3. The summed E-state index contributed by atoms with van der Waals surface area (Å²) in [6, 6.07) is 13.5. The number of fused-ring (bicyclic) bond motifs is 1. The van der Waals surface area contributed by atoms with Gasteiger partial charge in [-0.05, 0) is 58.4 Å². The molecule has 3 aromatic rings. The maximum atomic E-state index is 5.97. The van der Waals surface area contributed by atoms with Gasteiger partial charge in [-0.3, -0.25) is 4.98 Å². The third kappa shape index (κ3) is 2.64. The first-order valence-electron chi connectivity index (χ1n) is 6.43. The van der Waals surface area contributed by atoms with Gasteiger partial charge in [-0.2, -0.15) is 0 Å². The minimum absolute atomic E-state index is 0.673. The molecular formula is C16H14BrN3O. The van der Waals surface area contributed by atoms with Crippen molar-refractivity contribution in [3.8, 4) is 5.75 Å². The van der Waals surface area contributed by atoms with Gasteiger partial charge in [0.15, 0.2) is 0 Å². The molecule has 2 aromatic carbocycles. The van der Waals surface area contributed by atoms with E-state index in [2.05, 4.69) is 26.2 Å². The van der Waals surface area contributed by atoms with E-state index < -0.39 is 0 Å². The molecule has 0 saturated carbocycles. The number of hydrogen-bond acceptors (Lipinski definition) is 4. The SMILES string of the molecule is COc1ccc(Nc2ccc(N)c3ncccc23)cc1Br. The van der Waals surface area contributed by atoms with Gasteiger partial charge in [-0.1, -0.05) is 0 Å². The van der Waals surface area contributed by atoms with E-state index in [1.165, 1.54) is 0 Å². The van der Waals surface area contributed by atoms with Crippen molar-refractivity contribution in [2.45, 2.75) is 0 Å². The molecule has 0 saturated heterocycles. The van der Waals surface area contributed by atoms with Crippen LogP contribution in [0.2, 0.25) is 0 Å². The summed E-state index contributed by atoms with van der Waals surface area (Å²) in [6.45, 7) is 0. The second kappa shape index (κ2) is 5.61. The summed E-state index contributed by atoms with van der Waals surface area (Å²) < 4.78 is 6.13. The molecule has 0 bridgehead atoms. The van der Waals surface area contributed by atoms with Gasteiger partial charge in [0.25, 0.3) is 0 Å². The minimum Gasteiger partial charge on any atom is -0.496 e. The van der Waals surface area contributed by atoms with Crippen LogP contribution in [0.5, 0.6) is 5.75 Å². The lowest BCUT2D eigenvalue weighted by molar-refractivity contribution is 0.412. The zero-order valence-electron chi connectivity index (χ0n) is 11.4. The fourth-order valence-electron chi connectivity index (χ4n) is 2.20. The number of aromatic nitrogens is 1. The normalized spacial score (nSPS) is 10.6. The summed E-state index contributed by atoms with van der Waals surface area (Å²) in [4.78, 5) is 4.33. The van der Waals surface area contributed by atoms with Gasteiger partial charge >= 0.3 is 0 Å². The topological polar surface area (TPSA) is 60.2 Å². The van der Waals surface area contributed by atoms with Crippen molar-refractivity contribution in [3.05, 3.63) is 53.1 Å². The highest BCUT2D eigenvalue weighted by molar-refractivity contribution is 9.10. The van der Waals surface area contributed by atoms with Crippen LogP contribution >= 0.6 is 15.9 Å². The zero-order valence-corrected chi connectivity index (χ0v) is 13.0. The van der Waals surface area contributed by atoms with Crippen LogP contribution < -0.4 is 15.8 Å². The summed E-state index contributed by atoms with van der Waals surface area (Å²) in [6.07, 6.45) is 1.74. The van der Waals surface area contributed by atoms with Crippen molar-refractivity contribution in [2.75, 3.05) is 18.2 Å². The van der Waals surface area contributed by atoms with Crippen molar-refractivity contribution in [3.63, 3.8) is 0 Å². The second-order valence-corrected chi connectivity index (χ2v) is 5.43. The molecular weight excluding hydrogens is 330 g/mol. The first-order chi connectivity index (χ1) is 10.2. The van der Waals surface area contributed by atoms with Crippen molar-refractivity contribution in [2.24, 2.45) is 0 Å². The molecule has 21 heavy (non-hydrogen) atoms. The number of halogens is 1. The van der Waals surface area contributed by atoms with Gasteiger partial charge in [0.05, 0.1) is 22.8 Å². The van der Waals surface area contributed by atoms with Crippen LogP contribution in [0.1, 0.15) is 0 Å². The molecule has 0 radical (unpaired) electrons. The fourth-order valence-corrected chi connectivity index (χ4v) is 2.74. The second-order valence-electron chi connectivity index (χ2n) is 4.58. The summed E-state index contributed by atoms with van der Waals surface area (Å²) >= 11 is 3.48. The van der Waals surface area contributed by atoms with E-state index in [4.69, 9.17) is 10.5 Å². The average molecular weight is 344 g/mol. The number of anilines is 3. The Morgan fingerprint density at radius 1 is 1.19 bits per heavy atom. The monoisotopic (exact) mass is 343 g/mol. The number of pyridine rings is 1. The summed E-state index contributed by atoms with van der Waals surface area (Å²) in [5.74, 6) is 0.796. The highest BCUT2D eigenvalue weighted by Crippen LogP contribution is 2.32. The Kier molecular flexibility index (Phi) is 3.66. The molecule has 0 spiro atoms. The summed E-state index contributed by atoms with van der Waals surface area (Å²) in [5.41, 5.74) is 9.36. The molecule has 0 atom stereocenters.